The number of hydrogen-bond donors (Lipinski definition) is 1. The van der Waals surface area contributed by atoms with E-state index in [1.165, 1.54) is 11.6 Å². The van der Waals surface area contributed by atoms with Crippen molar-refractivity contribution in [3.8, 4) is 0 Å². The zero-order valence-electron chi connectivity index (χ0n) is 11.9. The molecule has 0 amide bonds. The van der Waals surface area contributed by atoms with Gasteiger partial charge in [0.05, 0.1) is 4.47 Å². The first-order valence-electron chi connectivity index (χ1n) is 6.84. The van der Waals surface area contributed by atoms with Crippen LogP contribution in [0.5, 0.6) is 0 Å². The summed E-state index contributed by atoms with van der Waals surface area (Å²) in [6.45, 7) is 6.94. The summed E-state index contributed by atoms with van der Waals surface area (Å²) in [5.74, 6) is 0.439. The van der Waals surface area contributed by atoms with Crippen molar-refractivity contribution in [1.82, 2.24) is 9.88 Å². The average Bonchev–Trinajstić information content (AvgIpc) is 2.82. The van der Waals surface area contributed by atoms with Crippen LogP contribution < -0.4 is 5.32 Å². The van der Waals surface area contributed by atoms with Gasteiger partial charge in [0, 0.05) is 25.5 Å². The van der Waals surface area contributed by atoms with Gasteiger partial charge in [0.1, 0.15) is 5.82 Å². The highest BCUT2D eigenvalue weighted by Gasteiger charge is 2.06. The summed E-state index contributed by atoms with van der Waals surface area (Å²) < 4.78 is 16.1. The van der Waals surface area contributed by atoms with Gasteiger partial charge in [-0.15, -0.1) is 0 Å². The van der Waals surface area contributed by atoms with E-state index in [1.807, 2.05) is 12.3 Å². The Morgan fingerprint density at radius 2 is 2.10 bits per heavy atom. The second kappa shape index (κ2) is 7.04. The molecule has 0 aliphatic carbocycles. The molecule has 0 aliphatic heterocycles. The van der Waals surface area contributed by atoms with Gasteiger partial charge in [-0.1, -0.05) is 26.0 Å². The molecule has 0 aliphatic rings. The predicted molar refractivity (Wildman–Crippen MR) is 84.2 cm³/mol. The van der Waals surface area contributed by atoms with E-state index in [9.17, 15) is 4.39 Å². The van der Waals surface area contributed by atoms with E-state index in [0.717, 1.165) is 18.7 Å². The van der Waals surface area contributed by atoms with Crippen molar-refractivity contribution in [3.63, 3.8) is 0 Å². The Bertz CT molecular complexity index is 563. The first-order chi connectivity index (χ1) is 9.56. The van der Waals surface area contributed by atoms with Crippen molar-refractivity contribution in [2.24, 2.45) is 5.92 Å². The summed E-state index contributed by atoms with van der Waals surface area (Å²) in [5, 5.41) is 3.42. The van der Waals surface area contributed by atoms with Gasteiger partial charge in [0.25, 0.3) is 0 Å². The third kappa shape index (κ3) is 4.18. The molecule has 2 rings (SSSR count). The van der Waals surface area contributed by atoms with Gasteiger partial charge in [-0.2, -0.15) is 0 Å². The van der Waals surface area contributed by atoms with E-state index in [1.54, 1.807) is 6.07 Å². The van der Waals surface area contributed by atoms with Crippen molar-refractivity contribution >= 4 is 15.9 Å². The Balaban J connectivity index is 1.97. The number of hydrogen-bond acceptors (Lipinski definition) is 1. The van der Waals surface area contributed by atoms with Gasteiger partial charge in [-0.3, -0.25) is 0 Å². The minimum atomic E-state index is -0.214. The largest absolute Gasteiger partial charge is 0.350 e. The fourth-order valence-electron chi connectivity index (χ4n) is 2.07. The minimum absolute atomic E-state index is 0.214. The molecule has 0 saturated carbocycles. The molecular formula is C16H20BrFN2. The first-order valence-corrected chi connectivity index (χ1v) is 7.64. The van der Waals surface area contributed by atoms with Crippen LogP contribution in [0.4, 0.5) is 4.39 Å². The summed E-state index contributed by atoms with van der Waals surface area (Å²) in [5.41, 5.74) is 2.19. The molecule has 0 bridgehead atoms. The lowest BCUT2D eigenvalue weighted by Gasteiger charge is -2.07. The van der Waals surface area contributed by atoms with E-state index in [4.69, 9.17) is 0 Å². The van der Waals surface area contributed by atoms with E-state index < -0.39 is 0 Å². The number of nitrogens with zero attached hydrogens (tertiary/aromatic N) is 1. The Hall–Kier alpha value is -1.13. The number of benzene rings is 1. The van der Waals surface area contributed by atoms with Gasteiger partial charge in [-0.25, -0.2) is 4.39 Å². The van der Waals surface area contributed by atoms with Crippen molar-refractivity contribution < 1.29 is 4.39 Å². The molecule has 0 radical (unpaired) electrons. The van der Waals surface area contributed by atoms with Crippen molar-refractivity contribution in [3.05, 3.63) is 58.1 Å². The molecular weight excluding hydrogens is 319 g/mol. The quantitative estimate of drug-likeness (QED) is 0.835. The molecule has 4 heteroatoms. The van der Waals surface area contributed by atoms with E-state index in [2.05, 4.69) is 51.9 Å². The molecule has 0 fully saturated rings. The lowest BCUT2D eigenvalue weighted by molar-refractivity contribution is 0.552. The fraction of sp³-hybridized carbons (Fsp3) is 0.375. The Kier molecular flexibility index (Phi) is 5.38. The summed E-state index contributed by atoms with van der Waals surface area (Å²) in [6.07, 6.45) is 4.13. The standard InChI is InChI=1S/C16H20BrFN2/c1-12(2)8-19-9-13-6-7-20(10-13)11-14-4-3-5-15(18)16(14)17/h3-7,10,12,19H,8-9,11H2,1-2H3. The van der Waals surface area contributed by atoms with Crippen LogP contribution in [0.1, 0.15) is 25.0 Å². The number of nitrogens with one attached hydrogen (secondary N) is 1. The summed E-state index contributed by atoms with van der Waals surface area (Å²) >= 11 is 3.30. The molecule has 2 aromatic rings. The topological polar surface area (TPSA) is 17.0 Å². The third-order valence-corrected chi connectivity index (χ3v) is 3.97. The SMILES string of the molecule is CC(C)CNCc1ccn(Cc2cccc(F)c2Br)c1. The lowest BCUT2D eigenvalue weighted by Crippen LogP contribution is -2.18. The van der Waals surface area contributed by atoms with Gasteiger partial charge < -0.3 is 9.88 Å². The van der Waals surface area contributed by atoms with Crippen LogP contribution in [-0.4, -0.2) is 11.1 Å². The molecule has 1 heterocycles. The molecule has 0 atom stereocenters. The maximum atomic E-state index is 13.5. The Morgan fingerprint density at radius 3 is 2.85 bits per heavy atom. The molecule has 2 nitrogen and oxygen atoms in total. The molecule has 1 aromatic heterocycles. The molecule has 0 unspecified atom stereocenters. The maximum absolute atomic E-state index is 13.5. The van der Waals surface area contributed by atoms with Crippen molar-refractivity contribution in [2.45, 2.75) is 26.9 Å². The van der Waals surface area contributed by atoms with Crippen LogP contribution in [0.25, 0.3) is 0 Å². The summed E-state index contributed by atoms with van der Waals surface area (Å²) in [7, 11) is 0. The smallest absolute Gasteiger partial charge is 0.137 e. The highest BCUT2D eigenvalue weighted by atomic mass is 79.9. The van der Waals surface area contributed by atoms with E-state index in [0.29, 0.717) is 16.9 Å². The van der Waals surface area contributed by atoms with Crippen LogP contribution in [0, 0.1) is 11.7 Å². The zero-order chi connectivity index (χ0) is 14.5. The first kappa shape index (κ1) is 15.3. The van der Waals surface area contributed by atoms with Gasteiger partial charge in [0.15, 0.2) is 0 Å². The molecule has 20 heavy (non-hydrogen) atoms. The highest BCUT2D eigenvalue weighted by molar-refractivity contribution is 9.10. The Morgan fingerprint density at radius 1 is 1.30 bits per heavy atom. The van der Waals surface area contributed by atoms with Gasteiger partial charge >= 0.3 is 0 Å². The van der Waals surface area contributed by atoms with Gasteiger partial charge in [0.2, 0.25) is 0 Å². The lowest BCUT2D eigenvalue weighted by atomic mass is 10.2. The number of halogens is 2. The van der Waals surface area contributed by atoms with E-state index >= 15 is 0 Å². The highest BCUT2D eigenvalue weighted by Crippen LogP contribution is 2.21. The number of rotatable bonds is 6. The average molecular weight is 339 g/mol. The second-order valence-electron chi connectivity index (χ2n) is 5.43. The second-order valence-corrected chi connectivity index (χ2v) is 6.22. The van der Waals surface area contributed by atoms with Crippen molar-refractivity contribution in [1.29, 1.82) is 0 Å². The maximum Gasteiger partial charge on any atom is 0.137 e. The number of aromatic nitrogens is 1. The third-order valence-electron chi connectivity index (χ3n) is 3.08. The van der Waals surface area contributed by atoms with Crippen LogP contribution in [0.15, 0.2) is 41.1 Å². The monoisotopic (exact) mass is 338 g/mol. The van der Waals surface area contributed by atoms with Crippen LogP contribution in [0.2, 0.25) is 0 Å². The molecule has 0 spiro atoms. The fourth-order valence-corrected chi connectivity index (χ4v) is 2.46. The Labute approximate surface area is 128 Å². The van der Waals surface area contributed by atoms with E-state index in [-0.39, 0.29) is 5.82 Å². The van der Waals surface area contributed by atoms with Crippen LogP contribution in [-0.2, 0) is 13.1 Å². The van der Waals surface area contributed by atoms with Gasteiger partial charge in [-0.05, 0) is 51.7 Å². The molecule has 0 saturated heterocycles. The molecule has 1 N–H and O–H groups in total. The van der Waals surface area contributed by atoms with Crippen molar-refractivity contribution in [2.75, 3.05) is 6.54 Å². The normalized spacial score (nSPS) is 11.2. The zero-order valence-corrected chi connectivity index (χ0v) is 13.5. The molecule has 1 aromatic carbocycles. The molecule has 108 valence electrons. The van der Waals surface area contributed by atoms with Crippen LogP contribution in [0.3, 0.4) is 0 Å². The minimum Gasteiger partial charge on any atom is -0.350 e. The summed E-state index contributed by atoms with van der Waals surface area (Å²) in [6, 6.07) is 7.24. The predicted octanol–water partition coefficient (Wildman–Crippen LogP) is 4.18. The summed E-state index contributed by atoms with van der Waals surface area (Å²) in [4.78, 5) is 0. The van der Waals surface area contributed by atoms with Crippen LogP contribution >= 0.6 is 15.9 Å².